The predicted molar refractivity (Wildman–Crippen MR) is 70.2 cm³/mol. The van der Waals surface area contributed by atoms with Crippen molar-refractivity contribution in [1.29, 1.82) is 0 Å². The number of hydrogen-bond acceptors (Lipinski definition) is 6. The van der Waals surface area contributed by atoms with Crippen molar-refractivity contribution in [2.45, 2.75) is 26.8 Å². The number of amides is 1. The number of carbonyl (C=O) groups is 1. The summed E-state index contributed by atoms with van der Waals surface area (Å²) in [5.41, 5.74) is -0.154. The number of nitrogens with zero attached hydrogens (tertiary/aromatic N) is 3. The second-order valence-corrected chi connectivity index (χ2v) is 4.45. The molecule has 0 aliphatic carbocycles. The first-order valence-electron chi connectivity index (χ1n) is 5.53. The Kier molecular flexibility index (Phi) is 4.99. The normalized spacial score (nSPS) is 10.4. The molecule has 0 aromatic carbocycles. The van der Waals surface area contributed by atoms with Crippen LogP contribution < -0.4 is 10.6 Å². The van der Waals surface area contributed by atoms with Crippen molar-refractivity contribution in [2.75, 3.05) is 11.9 Å². The van der Waals surface area contributed by atoms with E-state index in [1.807, 2.05) is 13.8 Å². The standard InChI is InChI=1S/C10H14ClN5O3/c1-5(2)13-7(17)4-12-9-8(16(18)19)6(3)14-10(11)15-9/h5H,4H2,1-3H3,(H,13,17)(H,12,14,15). The summed E-state index contributed by atoms with van der Waals surface area (Å²) in [5, 5.41) is 16.0. The Bertz CT molecular complexity index is 506. The Balaban J connectivity index is 2.88. The van der Waals surface area contributed by atoms with Crippen molar-refractivity contribution in [1.82, 2.24) is 15.3 Å². The van der Waals surface area contributed by atoms with E-state index in [9.17, 15) is 14.9 Å². The van der Waals surface area contributed by atoms with E-state index >= 15 is 0 Å². The molecule has 1 heterocycles. The number of aryl methyl sites for hydroxylation is 1. The summed E-state index contributed by atoms with van der Waals surface area (Å²) >= 11 is 5.64. The predicted octanol–water partition coefficient (Wildman–Crippen LogP) is 1.28. The fraction of sp³-hybridized carbons (Fsp3) is 0.500. The summed E-state index contributed by atoms with van der Waals surface area (Å²) < 4.78 is 0. The van der Waals surface area contributed by atoms with Crippen LogP contribution >= 0.6 is 11.6 Å². The topological polar surface area (TPSA) is 110 Å². The van der Waals surface area contributed by atoms with E-state index in [4.69, 9.17) is 11.6 Å². The van der Waals surface area contributed by atoms with Gasteiger partial charge in [0.2, 0.25) is 17.0 Å². The fourth-order valence-electron chi connectivity index (χ4n) is 1.41. The van der Waals surface area contributed by atoms with Gasteiger partial charge in [0.05, 0.1) is 11.5 Å². The zero-order valence-electron chi connectivity index (χ0n) is 10.7. The lowest BCUT2D eigenvalue weighted by Gasteiger charge is -2.10. The van der Waals surface area contributed by atoms with Crippen LogP contribution in [0, 0.1) is 17.0 Å². The molecule has 0 spiro atoms. The molecule has 0 bridgehead atoms. The van der Waals surface area contributed by atoms with Gasteiger partial charge in [-0.3, -0.25) is 14.9 Å². The number of hydrogen-bond donors (Lipinski definition) is 2. The number of aromatic nitrogens is 2. The Labute approximate surface area is 114 Å². The number of carbonyl (C=O) groups excluding carboxylic acids is 1. The number of nitrogens with one attached hydrogen (secondary N) is 2. The van der Waals surface area contributed by atoms with Crippen molar-refractivity contribution in [2.24, 2.45) is 0 Å². The number of anilines is 1. The monoisotopic (exact) mass is 287 g/mol. The van der Waals surface area contributed by atoms with Gasteiger partial charge in [-0.25, -0.2) is 4.98 Å². The molecule has 1 rings (SSSR count). The molecule has 0 fully saturated rings. The van der Waals surface area contributed by atoms with E-state index < -0.39 is 4.92 Å². The first-order valence-corrected chi connectivity index (χ1v) is 5.90. The van der Waals surface area contributed by atoms with Gasteiger partial charge >= 0.3 is 5.69 Å². The summed E-state index contributed by atoms with van der Waals surface area (Å²) in [6.45, 7) is 4.94. The summed E-state index contributed by atoms with van der Waals surface area (Å²) in [6.07, 6.45) is 0. The van der Waals surface area contributed by atoms with Crippen molar-refractivity contribution in [3.05, 3.63) is 21.1 Å². The Morgan fingerprint density at radius 3 is 2.63 bits per heavy atom. The molecule has 0 atom stereocenters. The molecular weight excluding hydrogens is 274 g/mol. The zero-order chi connectivity index (χ0) is 14.6. The van der Waals surface area contributed by atoms with Crippen LogP contribution in [0.25, 0.3) is 0 Å². The fourth-order valence-corrected chi connectivity index (χ4v) is 1.62. The summed E-state index contributed by atoms with van der Waals surface area (Å²) in [5.74, 6) is -0.363. The van der Waals surface area contributed by atoms with Crippen LogP contribution in [0.1, 0.15) is 19.5 Å². The van der Waals surface area contributed by atoms with Crippen LogP contribution in [0.5, 0.6) is 0 Å². The van der Waals surface area contributed by atoms with E-state index in [-0.39, 0.29) is 41.0 Å². The summed E-state index contributed by atoms with van der Waals surface area (Å²) in [6, 6.07) is -0.0139. The lowest BCUT2D eigenvalue weighted by Crippen LogP contribution is -2.35. The highest BCUT2D eigenvalue weighted by molar-refractivity contribution is 6.28. The smallest absolute Gasteiger partial charge is 0.332 e. The first-order chi connectivity index (χ1) is 8.81. The maximum absolute atomic E-state index is 11.5. The van der Waals surface area contributed by atoms with Gasteiger partial charge in [-0.05, 0) is 32.4 Å². The molecule has 1 aromatic heterocycles. The molecule has 0 aliphatic heterocycles. The molecule has 0 aliphatic rings. The molecule has 1 amide bonds. The average molecular weight is 288 g/mol. The lowest BCUT2D eigenvalue weighted by atomic mass is 10.3. The lowest BCUT2D eigenvalue weighted by molar-refractivity contribution is -0.385. The van der Waals surface area contributed by atoms with Crippen LogP contribution in [-0.4, -0.2) is 33.4 Å². The van der Waals surface area contributed by atoms with E-state index in [2.05, 4.69) is 20.6 Å². The van der Waals surface area contributed by atoms with E-state index in [1.165, 1.54) is 6.92 Å². The zero-order valence-corrected chi connectivity index (χ0v) is 11.5. The molecule has 0 unspecified atom stereocenters. The average Bonchev–Trinajstić information content (AvgIpc) is 2.23. The van der Waals surface area contributed by atoms with Gasteiger partial charge in [-0.2, -0.15) is 4.98 Å². The molecule has 9 heteroatoms. The van der Waals surface area contributed by atoms with Gasteiger partial charge in [0.15, 0.2) is 0 Å². The Morgan fingerprint density at radius 2 is 2.11 bits per heavy atom. The molecule has 19 heavy (non-hydrogen) atoms. The number of halogens is 1. The molecule has 0 saturated heterocycles. The molecular formula is C10H14ClN5O3. The van der Waals surface area contributed by atoms with Gasteiger partial charge < -0.3 is 10.6 Å². The molecule has 0 saturated carbocycles. The number of rotatable bonds is 5. The SMILES string of the molecule is Cc1nc(Cl)nc(NCC(=O)NC(C)C)c1[N+](=O)[O-]. The highest BCUT2D eigenvalue weighted by atomic mass is 35.5. The third kappa shape index (κ3) is 4.32. The van der Waals surface area contributed by atoms with Crippen LogP contribution in [0.2, 0.25) is 5.28 Å². The van der Waals surface area contributed by atoms with Gasteiger partial charge in [0.25, 0.3) is 0 Å². The molecule has 8 nitrogen and oxygen atoms in total. The van der Waals surface area contributed by atoms with Gasteiger partial charge in [0, 0.05) is 6.04 Å². The maximum atomic E-state index is 11.5. The highest BCUT2D eigenvalue weighted by Crippen LogP contribution is 2.26. The second kappa shape index (κ2) is 6.28. The third-order valence-electron chi connectivity index (χ3n) is 2.08. The summed E-state index contributed by atoms with van der Waals surface area (Å²) in [4.78, 5) is 29.2. The van der Waals surface area contributed by atoms with Crippen LogP contribution in [0.4, 0.5) is 11.5 Å². The van der Waals surface area contributed by atoms with Crippen LogP contribution in [0.15, 0.2) is 0 Å². The minimum Gasteiger partial charge on any atom is -0.355 e. The third-order valence-corrected chi connectivity index (χ3v) is 2.25. The largest absolute Gasteiger partial charge is 0.355 e. The van der Waals surface area contributed by atoms with Crippen molar-refractivity contribution >= 4 is 29.0 Å². The van der Waals surface area contributed by atoms with Crippen molar-refractivity contribution in [3.63, 3.8) is 0 Å². The minimum absolute atomic E-state index is 0.0139. The highest BCUT2D eigenvalue weighted by Gasteiger charge is 2.22. The summed E-state index contributed by atoms with van der Waals surface area (Å²) in [7, 11) is 0. The first kappa shape index (κ1) is 15.1. The molecule has 104 valence electrons. The molecule has 0 radical (unpaired) electrons. The van der Waals surface area contributed by atoms with E-state index in [0.29, 0.717) is 0 Å². The quantitative estimate of drug-likeness (QED) is 0.479. The van der Waals surface area contributed by atoms with Gasteiger partial charge in [-0.15, -0.1) is 0 Å². The Morgan fingerprint density at radius 1 is 1.47 bits per heavy atom. The molecule has 2 N–H and O–H groups in total. The second-order valence-electron chi connectivity index (χ2n) is 4.11. The maximum Gasteiger partial charge on any atom is 0.332 e. The van der Waals surface area contributed by atoms with Gasteiger partial charge in [0.1, 0.15) is 5.69 Å². The minimum atomic E-state index is -0.617. The molecule has 1 aromatic rings. The van der Waals surface area contributed by atoms with E-state index in [0.717, 1.165) is 0 Å². The van der Waals surface area contributed by atoms with Crippen molar-refractivity contribution < 1.29 is 9.72 Å². The van der Waals surface area contributed by atoms with Crippen LogP contribution in [0.3, 0.4) is 0 Å². The Hall–Kier alpha value is -1.96. The van der Waals surface area contributed by atoms with E-state index in [1.54, 1.807) is 0 Å². The van der Waals surface area contributed by atoms with Crippen LogP contribution in [-0.2, 0) is 4.79 Å². The van der Waals surface area contributed by atoms with Gasteiger partial charge in [-0.1, -0.05) is 0 Å². The van der Waals surface area contributed by atoms with Crippen molar-refractivity contribution in [3.8, 4) is 0 Å². The number of nitro groups is 1.